The van der Waals surface area contributed by atoms with Crippen molar-refractivity contribution in [2.75, 3.05) is 36.4 Å². The molecular weight excluding hydrogens is 498 g/mol. The third-order valence-corrected chi connectivity index (χ3v) is 7.56. The van der Waals surface area contributed by atoms with E-state index in [4.69, 9.17) is 10.1 Å². The lowest BCUT2D eigenvalue weighted by molar-refractivity contribution is 0.209. The molecule has 1 fully saturated rings. The van der Waals surface area contributed by atoms with E-state index in [0.29, 0.717) is 28.6 Å². The largest absolute Gasteiger partial charge is 0.369 e. The van der Waals surface area contributed by atoms with Crippen molar-refractivity contribution in [2.24, 2.45) is 0 Å². The molecule has 0 atom stereocenters. The van der Waals surface area contributed by atoms with Gasteiger partial charge in [0.25, 0.3) is 5.56 Å². The topological polar surface area (TPSA) is 79.2 Å². The number of benzene rings is 3. The van der Waals surface area contributed by atoms with Gasteiger partial charge in [-0.3, -0.25) is 9.69 Å². The summed E-state index contributed by atoms with van der Waals surface area (Å²) in [7, 11) is 0. The van der Waals surface area contributed by atoms with Crippen LogP contribution >= 0.6 is 0 Å². The lowest BCUT2D eigenvalue weighted by Crippen LogP contribution is -2.48. The normalized spacial score (nSPS) is 14.2. The molecule has 202 valence electrons. The standard InChI is InChI=1S/C32H33N7O/c1-22(2)37-17-19-38(20-18-37)26-15-13-25(14-16-26)34-32-33-21-27-30(35-32)29(24-10-5-4-6-11-24)36-39(31(27)40)28-12-8-7-9-23(28)3/h4-16,21-22H,17-20H2,1-3H3,(H,33,34,35). The minimum Gasteiger partial charge on any atom is -0.369 e. The summed E-state index contributed by atoms with van der Waals surface area (Å²) in [4.78, 5) is 27.8. The summed E-state index contributed by atoms with van der Waals surface area (Å²) >= 11 is 0. The van der Waals surface area contributed by atoms with E-state index in [-0.39, 0.29) is 5.56 Å². The first-order valence-corrected chi connectivity index (χ1v) is 13.8. The van der Waals surface area contributed by atoms with E-state index in [2.05, 4.69) is 46.1 Å². The van der Waals surface area contributed by atoms with Gasteiger partial charge in [-0.05, 0) is 56.7 Å². The molecule has 0 unspecified atom stereocenters. The van der Waals surface area contributed by atoms with E-state index < -0.39 is 0 Å². The van der Waals surface area contributed by atoms with Gasteiger partial charge in [0.1, 0.15) is 11.2 Å². The molecule has 40 heavy (non-hydrogen) atoms. The second-order valence-electron chi connectivity index (χ2n) is 10.5. The summed E-state index contributed by atoms with van der Waals surface area (Å²) in [5.41, 5.74) is 5.54. The van der Waals surface area contributed by atoms with Crippen LogP contribution in [-0.2, 0) is 0 Å². The van der Waals surface area contributed by atoms with Crippen molar-refractivity contribution in [1.82, 2.24) is 24.6 Å². The number of nitrogens with one attached hydrogen (secondary N) is 1. The Morgan fingerprint density at radius 1 is 0.850 bits per heavy atom. The smallest absolute Gasteiger partial charge is 0.282 e. The van der Waals surface area contributed by atoms with Crippen molar-refractivity contribution in [1.29, 1.82) is 0 Å². The highest BCUT2D eigenvalue weighted by Crippen LogP contribution is 2.26. The van der Waals surface area contributed by atoms with Crippen LogP contribution in [0, 0.1) is 6.92 Å². The maximum Gasteiger partial charge on any atom is 0.282 e. The molecule has 6 rings (SSSR count). The molecule has 8 heteroatoms. The molecule has 3 aromatic carbocycles. The molecule has 5 aromatic rings. The Morgan fingerprint density at radius 2 is 1.55 bits per heavy atom. The lowest BCUT2D eigenvalue weighted by atomic mass is 10.1. The number of nitrogens with zero attached hydrogens (tertiary/aromatic N) is 6. The van der Waals surface area contributed by atoms with Gasteiger partial charge >= 0.3 is 0 Å². The number of hydrogen-bond donors (Lipinski definition) is 1. The van der Waals surface area contributed by atoms with Crippen LogP contribution in [0.2, 0.25) is 0 Å². The maximum atomic E-state index is 13.6. The van der Waals surface area contributed by atoms with Crippen LogP contribution in [0.15, 0.2) is 89.9 Å². The Balaban J connectivity index is 1.33. The zero-order valence-electron chi connectivity index (χ0n) is 23.1. The van der Waals surface area contributed by atoms with Crippen molar-refractivity contribution in [2.45, 2.75) is 26.8 Å². The fourth-order valence-corrected chi connectivity index (χ4v) is 5.22. The van der Waals surface area contributed by atoms with Crippen molar-refractivity contribution in [3.8, 4) is 16.9 Å². The Kier molecular flexibility index (Phi) is 7.00. The molecule has 1 N–H and O–H groups in total. The molecule has 0 spiro atoms. The van der Waals surface area contributed by atoms with Crippen molar-refractivity contribution in [3.63, 3.8) is 0 Å². The Bertz CT molecular complexity index is 1690. The number of para-hydroxylation sites is 1. The number of hydrogen-bond acceptors (Lipinski definition) is 7. The Morgan fingerprint density at radius 3 is 2.25 bits per heavy atom. The molecule has 0 bridgehead atoms. The fraction of sp³-hybridized carbons (Fsp3) is 0.250. The summed E-state index contributed by atoms with van der Waals surface area (Å²) < 4.78 is 1.45. The van der Waals surface area contributed by atoms with Gasteiger partial charge in [-0.25, -0.2) is 9.97 Å². The molecule has 1 saturated heterocycles. The van der Waals surface area contributed by atoms with Crippen molar-refractivity contribution >= 4 is 28.2 Å². The van der Waals surface area contributed by atoms with Gasteiger partial charge in [-0.15, -0.1) is 0 Å². The maximum absolute atomic E-state index is 13.6. The highest BCUT2D eigenvalue weighted by Gasteiger charge is 2.20. The molecule has 3 heterocycles. The third kappa shape index (κ3) is 5.05. The molecule has 0 saturated carbocycles. The highest BCUT2D eigenvalue weighted by atomic mass is 16.1. The SMILES string of the molecule is Cc1ccccc1-n1nc(-c2ccccc2)c2nc(Nc3ccc(N4CCN(C(C)C)CC4)cc3)ncc2c1=O. The molecule has 0 radical (unpaired) electrons. The average molecular weight is 532 g/mol. The Labute approximate surface area is 233 Å². The van der Waals surface area contributed by atoms with E-state index in [0.717, 1.165) is 48.7 Å². The quantitative estimate of drug-likeness (QED) is 0.313. The molecule has 1 aliphatic rings. The van der Waals surface area contributed by atoms with Crippen LogP contribution in [0.1, 0.15) is 19.4 Å². The van der Waals surface area contributed by atoms with Crippen LogP contribution in [0.5, 0.6) is 0 Å². The van der Waals surface area contributed by atoms with E-state index in [1.54, 1.807) is 6.20 Å². The number of fused-ring (bicyclic) bond motifs is 1. The van der Waals surface area contributed by atoms with Crippen LogP contribution in [0.4, 0.5) is 17.3 Å². The number of anilines is 3. The minimum absolute atomic E-state index is 0.252. The number of aryl methyl sites for hydroxylation is 1. The van der Waals surface area contributed by atoms with E-state index in [1.807, 2.05) is 73.7 Å². The zero-order valence-corrected chi connectivity index (χ0v) is 23.1. The zero-order chi connectivity index (χ0) is 27.6. The van der Waals surface area contributed by atoms with Gasteiger partial charge in [0, 0.05) is 55.4 Å². The van der Waals surface area contributed by atoms with Gasteiger partial charge in [-0.1, -0.05) is 48.5 Å². The van der Waals surface area contributed by atoms with E-state index in [9.17, 15) is 4.79 Å². The van der Waals surface area contributed by atoms with Gasteiger partial charge < -0.3 is 10.2 Å². The Hall–Kier alpha value is -4.56. The van der Waals surface area contributed by atoms with Gasteiger partial charge in [0.05, 0.1) is 11.1 Å². The first-order valence-electron chi connectivity index (χ1n) is 13.8. The highest BCUT2D eigenvalue weighted by molar-refractivity contribution is 5.91. The molecular formula is C32H33N7O. The van der Waals surface area contributed by atoms with Crippen LogP contribution in [0.3, 0.4) is 0 Å². The van der Waals surface area contributed by atoms with Gasteiger partial charge in [0.15, 0.2) is 0 Å². The summed E-state index contributed by atoms with van der Waals surface area (Å²) in [6, 6.07) is 26.5. The van der Waals surface area contributed by atoms with Crippen molar-refractivity contribution < 1.29 is 0 Å². The molecule has 0 amide bonds. The summed E-state index contributed by atoms with van der Waals surface area (Å²) in [5.74, 6) is 0.415. The third-order valence-electron chi connectivity index (χ3n) is 7.56. The number of aromatic nitrogens is 4. The molecule has 2 aromatic heterocycles. The van der Waals surface area contributed by atoms with Crippen LogP contribution < -0.4 is 15.8 Å². The van der Waals surface area contributed by atoms with Gasteiger partial charge in [-0.2, -0.15) is 9.78 Å². The molecule has 0 aliphatic carbocycles. The first-order chi connectivity index (χ1) is 19.5. The summed E-state index contributed by atoms with van der Waals surface area (Å²) in [5, 5.41) is 8.54. The van der Waals surface area contributed by atoms with E-state index in [1.165, 1.54) is 10.4 Å². The second-order valence-corrected chi connectivity index (χ2v) is 10.5. The number of rotatable bonds is 6. The molecule has 8 nitrogen and oxygen atoms in total. The average Bonchev–Trinajstić information content (AvgIpc) is 2.99. The predicted molar refractivity (Wildman–Crippen MR) is 162 cm³/mol. The van der Waals surface area contributed by atoms with Crippen LogP contribution in [-0.4, -0.2) is 56.9 Å². The second kappa shape index (κ2) is 10.9. The van der Waals surface area contributed by atoms with Gasteiger partial charge in [0.2, 0.25) is 5.95 Å². The predicted octanol–water partition coefficient (Wildman–Crippen LogP) is 5.43. The number of piperazine rings is 1. The van der Waals surface area contributed by atoms with E-state index >= 15 is 0 Å². The van der Waals surface area contributed by atoms with Crippen LogP contribution in [0.25, 0.3) is 27.8 Å². The van der Waals surface area contributed by atoms with Crippen molar-refractivity contribution in [3.05, 3.63) is 101 Å². The summed E-state index contributed by atoms with van der Waals surface area (Å²) in [6.07, 6.45) is 1.60. The summed E-state index contributed by atoms with van der Waals surface area (Å²) in [6.45, 7) is 10.7. The fourth-order valence-electron chi connectivity index (χ4n) is 5.22. The minimum atomic E-state index is -0.252. The first kappa shape index (κ1) is 25.7. The monoisotopic (exact) mass is 531 g/mol. The molecule has 1 aliphatic heterocycles. The lowest BCUT2D eigenvalue weighted by Gasteiger charge is -2.38.